The molecule has 0 atom stereocenters. The van der Waals surface area contributed by atoms with Crippen LogP contribution in [0.4, 0.5) is 0 Å². The summed E-state index contributed by atoms with van der Waals surface area (Å²) in [6.07, 6.45) is 0.858. The van der Waals surface area contributed by atoms with Crippen molar-refractivity contribution in [2.24, 2.45) is 5.73 Å². The van der Waals surface area contributed by atoms with Gasteiger partial charge in [-0.25, -0.2) is 0 Å². The molecule has 0 heterocycles. The molecule has 0 aromatic heterocycles. The van der Waals surface area contributed by atoms with Gasteiger partial charge in [-0.05, 0) is 59.9 Å². The van der Waals surface area contributed by atoms with E-state index in [2.05, 4.69) is 38.3 Å². The van der Waals surface area contributed by atoms with Crippen LogP contribution in [0.2, 0.25) is 0 Å². The standard InChI is InChI=1S/C19H27NO3S/c1-14-15(2)18(5-6-20)19-13-16(3-4-17(14)19)23-10-9-21-7-8-22-11-12-24/h3-4,13,24H,1,5-12,20H2,2H3. The maximum absolute atomic E-state index is 5.79. The van der Waals surface area contributed by atoms with Gasteiger partial charge in [0.25, 0.3) is 0 Å². The monoisotopic (exact) mass is 349 g/mol. The number of nitrogens with two attached hydrogens (primary N) is 1. The van der Waals surface area contributed by atoms with E-state index >= 15 is 0 Å². The Morgan fingerprint density at radius 1 is 1.04 bits per heavy atom. The quantitative estimate of drug-likeness (QED) is 0.476. The summed E-state index contributed by atoms with van der Waals surface area (Å²) in [5.41, 5.74) is 11.7. The van der Waals surface area contributed by atoms with Crippen LogP contribution in [0.25, 0.3) is 11.1 Å². The van der Waals surface area contributed by atoms with Gasteiger partial charge in [-0.15, -0.1) is 0 Å². The van der Waals surface area contributed by atoms with Gasteiger partial charge in [-0.2, -0.15) is 12.6 Å². The van der Waals surface area contributed by atoms with Crippen LogP contribution in [0.5, 0.6) is 5.75 Å². The summed E-state index contributed by atoms with van der Waals surface area (Å²) >= 11 is 4.08. The van der Waals surface area contributed by atoms with Crippen LogP contribution < -0.4 is 10.5 Å². The van der Waals surface area contributed by atoms with Crippen molar-refractivity contribution in [1.82, 2.24) is 0 Å². The SMILES string of the molecule is C=C1C(C)=C(CCN)c2cc(OCCOCCOCCS)ccc21. The minimum absolute atomic E-state index is 0.515. The number of fused-ring (bicyclic) bond motifs is 1. The highest BCUT2D eigenvalue weighted by atomic mass is 32.1. The fraction of sp³-hybridized carbons (Fsp3) is 0.474. The molecule has 1 aromatic rings. The Balaban J connectivity index is 1.83. The Morgan fingerprint density at radius 2 is 1.75 bits per heavy atom. The molecule has 4 nitrogen and oxygen atoms in total. The normalized spacial score (nSPS) is 13.5. The Hall–Kier alpha value is -1.27. The minimum atomic E-state index is 0.515. The number of hydrogen-bond acceptors (Lipinski definition) is 5. The molecule has 1 aliphatic carbocycles. The topological polar surface area (TPSA) is 53.7 Å². The molecule has 0 saturated heterocycles. The van der Waals surface area contributed by atoms with Crippen LogP contribution in [0.1, 0.15) is 24.5 Å². The van der Waals surface area contributed by atoms with Crippen molar-refractivity contribution in [2.75, 3.05) is 45.3 Å². The molecule has 0 saturated carbocycles. The molecule has 0 aliphatic heterocycles. The average molecular weight is 349 g/mol. The summed E-state index contributed by atoms with van der Waals surface area (Å²) in [6, 6.07) is 6.14. The van der Waals surface area contributed by atoms with Gasteiger partial charge in [0.1, 0.15) is 12.4 Å². The predicted octanol–water partition coefficient (Wildman–Crippen LogP) is 3.18. The zero-order valence-electron chi connectivity index (χ0n) is 14.3. The third kappa shape index (κ3) is 4.86. The molecule has 2 N–H and O–H groups in total. The van der Waals surface area contributed by atoms with Gasteiger partial charge in [0.15, 0.2) is 0 Å². The van der Waals surface area contributed by atoms with Crippen molar-refractivity contribution < 1.29 is 14.2 Å². The first kappa shape index (κ1) is 19.1. The highest BCUT2D eigenvalue weighted by Crippen LogP contribution is 2.42. The number of rotatable bonds is 11. The van der Waals surface area contributed by atoms with E-state index in [4.69, 9.17) is 19.9 Å². The molecule has 1 aliphatic rings. The fourth-order valence-electron chi connectivity index (χ4n) is 2.78. The van der Waals surface area contributed by atoms with Gasteiger partial charge in [0.2, 0.25) is 0 Å². The third-order valence-corrected chi connectivity index (χ3v) is 4.23. The van der Waals surface area contributed by atoms with Gasteiger partial charge in [0.05, 0.1) is 26.4 Å². The summed E-state index contributed by atoms with van der Waals surface area (Å²) in [5, 5.41) is 0. The first-order valence-electron chi connectivity index (χ1n) is 8.32. The van der Waals surface area contributed by atoms with Gasteiger partial charge < -0.3 is 19.9 Å². The first-order valence-corrected chi connectivity index (χ1v) is 8.95. The average Bonchev–Trinajstić information content (AvgIpc) is 2.82. The highest BCUT2D eigenvalue weighted by Gasteiger charge is 2.22. The van der Waals surface area contributed by atoms with Crippen LogP contribution >= 0.6 is 12.6 Å². The van der Waals surface area contributed by atoms with Gasteiger partial charge in [-0.1, -0.05) is 12.6 Å². The summed E-state index contributed by atoms with van der Waals surface area (Å²) in [4.78, 5) is 0. The van der Waals surface area contributed by atoms with E-state index in [0.717, 1.165) is 23.5 Å². The van der Waals surface area contributed by atoms with Gasteiger partial charge in [0, 0.05) is 5.75 Å². The van der Waals surface area contributed by atoms with Gasteiger partial charge in [-0.3, -0.25) is 0 Å². The van der Waals surface area contributed by atoms with E-state index in [1.165, 1.54) is 22.3 Å². The second-order valence-electron chi connectivity index (χ2n) is 5.62. The first-order chi connectivity index (χ1) is 11.7. The Labute approximate surface area is 150 Å². The van der Waals surface area contributed by atoms with E-state index in [-0.39, 0.29) is 0 Å². The molecule has 2 rings (SSSR count). The van der Waals surface area contributed by atoms with Crippen molar-refractivity contribution in [2.45, 2.75) is 13.3 Å². The van der Waals surface area contributed by atoms with E-state index in [1.54, 1.807) is 0 Å². The van der Waals surface area contributed by atoms with Crippen LogP contribution in [-0.2, 0) is 9.47 Å². The second-order valence-corrected chi connectivity index (χ2v) is 6.07. The summed E-state index contributed by atoms with van der Waals surface area (Å²) < 4.78 is 16.6. The maximum atomic E-state index is 5.79. The van der Waals surface area contributed by atoms with Gasteiger partial charge >= 0.3 is 0 Å². The second kappa shape index (κ2) is 9.89. The Kier molecular flexibility index (Phi) is 7.85. The molecule has 5 heteroatoms. The summed E-state index contributed by atoms with van der Waals surface area (Å²) in [7, 11) is 0. The predicted molar refractivity (Wildman–Crippen MR) is 103 cm³/mol. The molecule has 0 spiro atoms. The molecule has 0 bridgehead atoms. The maximum Gasteiger partial charge on any atom is 0.120 e. The Bertz CT molecular complexity index is 598. The molecule has 132 valence electrons. The molecule has 24 heavy (non-hydrogen) atoms. The van der Waals surface area contributed by atoms with E-state index in [1.807, 2.05) is 6.07 Å². The molecule has 0 radical (unpaired) electrons. The van der Waals surface area contributed by atoms with E-state index in [9.17, 15) is 0 Å². The Morgan fingerprint density at radius 3 is 2.46 bits per heavy atom. The van der Waals surface area contributed by atoms with Crippen LogP contribution in [-0.4, -0.2) is 45.3 Å². The van der Waals surface area contributed by atoms with E-state index < -0.39 is 0 Å². The van der Waals surface area contributed by atoms with Crippen LogP contribution in [0, 0.1) is 0 Å². The number of ether oxygens (including phenoxy) is 3. The van der Waals surface area contributed by atoms with Crippen LogP contribution in [0.3, 0.4) is 0 Å². The largest absolute Gasteiger partial charge is 0.491 e. The fourth-order valence-corrected chi connectivity index (χ4v) is 2.91. The zero-order chi connectivity index (χ0) is 17.4. The number of thiol groups is 1. The molecular formula is C19H27NO3S. The zero-order valence-corrected chi connectivity index (χ0v) is 15.2. The molecule has 0 fully saturated rings. The van der Waals surface area contributed by atoms with E-state index in [0.29, 0.717) is 39.6 Å². The lowest BCUT2D eigenvalue weighted by molar-refractivity contribution is 0.0413. The summed E-state index contributed by atoms with van der Waals surface area (Å²) in [5.74, 6) is 1.58. The third-order valence-electron chi connectivity index (χ3n) is 4.04. The molecule has 1 aromatic carbocycles. The summed E-state index contributed by atoms with van der Waals surface area (Å²) in [6.45, 7) is 9.79. The van der Waals surface area contributed by atoms with Crippen molar-refractivity contribution in [3.63, 3.8) is 0 Å². The minimum Gasteiger partial charge on any atom is -0.491 e. The highest BCUT2D eigenvalue weighted by molar-refractivity contribution is 7.80. The van der Waals surface area contributed by atoms with Crippen molar-refractivity contribution in [3.8, 4) is 5.75 Å². The smallest absolute Gasteiger partial charge is 0.120 e. The van der Waals surface area contributed by atoms with Crippen LogP contribution in [0.15, 0.2) is 30.4 Å². The number of allylic oxidation sites excluding steroid dienone is 2. The lowest BCUT2D eigenvalue weighted by atomic mass is 10.0. The molecule has 0 unspecified atom stereocenters. The lowest BCUT2D eigenvalue weighted by Crippen LogP contribution is -2.11. The van der Waals surface area contributed by atoms with Crippen molar-refractivity contribution in [1.29, 1.82) is 0 Å². The lowest BCUT2D eigenvalue weighted by Gasteiger charge is -2.10. The molecule has 0 amide bonds. The molecular weight excluding hydrogens is 322 g/mol. The van der Waals surface area contributed by atoms with Crippen molar-refractivity contribution >= 4 is 23.8 Å². The van der Waals surface area contributed by atoms with Crippen molar-refractivity contribution in [3.05, 3.63) is 41.5 Å². The number of hydrogen-bond donors (Lipinski definition) is 2. The number of benzene rings is 1.